The maximum Gasteiger partial charge on any atom is 0.377 e. The molecule has 154 valence electrons. The minimum atomic E-state index is -2.26. The molecule has 0 bridgehead atoms. The van der Waals surface area contributed by atoms with Gasteiger partial charge in [-0.3, -0.25) is 0 Å². The molecule has 0 N–H and O–H groups in total. The number of carbonyl (C=O) groups is 2. The predicted octanol–water partition coefficient (Wildman–Crippen LogP) is 5.36. The van der Waals surface area contributed by atoms with Crippen molar-refractivity contribution in [3.63, 3.8) is 0 Å². The second-order valence-electron chi connectivity index (χ2n) is 8.10. The van der Waals surface area contributed by atoms with Gasteiger partial charge in [0, 0.05) is 28.4 Å². The standard InChI is InChI=1S/C23H26O5S/c1-22(2,3)29(17-12-8-6-9-13-17,18-14-10-7-11-15-18)28-20(24)16-19-21(25)27-23(4,5)26-19/h6-16H,1-5H3/b19-16-. The van der Waals surface area contributed by atoms with E-state index in [1.165, 1.54) is 0 Å². The van der Waals surface area contributed by atoms with E-state index in [1.807, 2.05) is 81.4 Å². The summed E-state index contributed by atoms with van der Waals surface area (Å²) >= 11 is 0. The van der Waals surface area contributed by atoms with Crippen LogP contribution in [-0.2, 0) is 23.2 Å². The van der Waals surface area contributed by atoms with E-state index in [1.54, 1.807) is 13.8 Å². The van der Waals surface area contributed by atoms with Crippen molar-refractivity contribution in [2.45, 2.75) is 54.9 Å². The van der Waals surface area contributed by atoms with Gasteiger partial charge in [0.1, 0.15) is 0 Å². The van der Waals surface area contributed by atoms with E-state index >= 15 is 0 Å². The Bertz CT molecular complexity index is 887. The van der Waals surface area contributed by atoms with E-state index in [0.717, 1.165) is 15.9 Å². The Morgan fingerprint density at radius 3 is 1.79 bits per heavy atom. The summed E-state index contributed by atoms with van der Waals surface area (Å²) in [5.74, 6) is -2.57. The number of benzene rings is 2. The van der Waals surface area contributed by atoms with Crippen molar-refractivity contribution in [3.05, 3.63) is 72.5 Å². The van der Waals surface area contributed by atoms with Crippen molar-refractivity contribution >= 4 is 22.2 Å². The zero-order valence-corrected chi connectivity index (χ0v) is 18.1. The van der Waals surface area contributed by atoms with Crippen LogP contribution in [-0.4, -0.2) is 22.5 Å². The summed E-state index contributed by atoms with van der Waals surface area (Å²) < 4.78 is 16.4. The molecule has 0 aliphatic carbocycles. The van der Waals surface area contributed by atoms with Crippen molar-refractivity contribution in [2.75, 3.05) is 0 Å². The van der Waals surface area contributed by atoms with Crippen molar-refractivity contribution in [1.82, 2.24) is 0 Å². The lowest BCUT2D eigenvalue weighted by Gasteiger charge is -2.49. The number of ether oxygens (including phenoxy) is 2. The van der Waals surface area contributed by atoms with E-state index in [-0.39, 0.29) is 5.76 Å². The first kappa shape index (κ1) is 21.0. The van der Waals surface area contributed by atoms with Crippen molar-refractivity contribution < 1.29 is 23.2 Å². The highest BCUT2D eigenvalue weighted by molar-refractivity contribution is 8.31. The van der Waals surface area contributed by atoms with Crippen LogP contribution in [0.2, 0.25) is 0 Å². The molecule has 1 heterocycles. The maximum absolute atomic E-state index is 13.0. The Balaban J connectivity index is 2.09. The lowest BCUT2D eigenvalue weighted by Crippen LogP contribution is -2.29. The van der Waals surface area contributed by atoms with Crippen LogP contribution in [0.4, 0.5) is 0 Å². The van der Waals surface area contributed by atoms with Gasteiger partial charge < -0.3 is 13.7 Å². The number of hydrogen-bond acceptors (Lipinski definition) is 5. The molecular weight excluding hydrogens is 388 g/mol. The van der Waals surface area contributed by atoms with Crippen LogP contribution >= 0.6 is 10.3 Å². The van der Waals surface area contributed by atoms with Gasteiger partial charge in [0.25, 0.3) is 0 Å². The molecule has 29 heavy (non-hydrogen) atoms. The molecule has 5 nitrogen and oxygen atoms in total. The minimum absolute atomic E-state index is 0.150. The average Bonchev–Trinajstić information content (AvgIpc) is 2.91. The predicted molar refractivity (Wildman–Crippen MR) is 112 cm³/mol. The Labute approximate surface area is 173 Å². The highest BCUT2D eigenvalue weighted by atomic mass is 32.3. The smallest absolute Gasteiger partial charge is 0.377 e. The summed E-state index contributed by atoms with van der Waals surface area (Å²) in [6.07, 6.45) is 1.08. The Morgan fingerprint density at radius 1 is 0.931 bits per heavy atom. The fraction of sp³-hybridized carbons (Fsp3) is 0.304. The number of hydrogen-bond donors (Lipinski definition) is 0. The lowest BCUT2D eigenvalue weighted by atomic mass is 10.3. The number of cyclic esters (lactones) is 1. The molecule has 1 saturated heterocycles. The Kier molecular flexibility index (Phi) is 5.50. The van der Waals surface area contributed by atoms with Gasteiger partial charge in [-0.2, -0.15) is 0 Å². The summed E-state index contributed by atoms with van der Waals surface area (Å²) in [7, 11) is -2.26. The molecule has 1 fully saturated rings. The monoisotopic (exact) mass is 414 g/mol. The summed E-state index contributed by atoms with van der Waals surface area (Å²) in [4.78, 5) is 26.8. The van der Waals surface area contributed by atoms with Gasteiger partial charge in [0.2, 0.25) is 11.5 Å². The van der Waals surface area contributed by atoms with E-state index in [4.69, 9.17) is 13.7 Å². The SMILES string of the molecule is CC1(C)OC(=O)/C(=C/C(=O)OS(c2ccccc2)(c2ccccc2)C(C)(C)C)O1. The van der Waals surface area contributed by atoms with Gasteiger partial charge >= 0.3 is 11.9 Å². The molecule has 0 radical (unpaired) electrons. The summed E-state index contributed by atoms with van der Waals surface area (Å²) in [6.45, 7) is 9.36. The van der Waals surface area contributed by atoms with Crippen molar-refractivity contribution in [3.8, 4) is 0 Å². The minimum Gasteiger partial charge on any atom is -0.445 e. The van der Waals surface area contributed by atoms with Crippen LogP contribution < -0.4 is 0 Å². The van der Waals surface area contributed by atoms with Gasteiger partial charge in [0.15, 0.2) is 0 Å². The Morgan fingerprint density at radius 2 is 1.41 bits per heavy atom. The van der Waals surface area contributed by atoms with Gasteiger partial charge in [-0.15, -0.1) is 0 Å². The maximum atomic E-state index is 13.0. The van der Waals surface area contributed by atoms with Gasteiger partial charge in [-0.25, -0.2) is 9.59 Å². The molecule has 0 unspecified atom stereocenters. The molecule has 0 saturated carbocycles. The third-order valence-electron chi connectivity index (χ3n) is 4.36. The van der Waals surface area contributed by atoms with Crippen LogP contribution in [0.25, 0.3) is 0 Å². The van der Waals surface area contributed by atoms with Gasteiger partial charge in [-0.05, 0) is 55.3 Å². The van der Waals surface area contributed by atoms with Gasteiger partial charge in [-0.1, -0.05) is 36.4 Å². The quantitative estimate of drug-likeness (QED) is 0.498. The van der Waals surface area contributed by atoms with Crippen LogP contribution in [0.3, 0.4) is 0 Å². The molecule has 1 aliphatic heterocycles. The topological polar surface area (TPSA) is 61.8 Å². The van der Waals surface area contributed by atoms with Crippen LogP contribution in [0, 0.1) is 0 Å². The largest absolute Gasteiger partial charge is 0.445 e. The highest BCUT2D eigenvalue weighted by Gasteiger charge is 2.44. The molecule has 0 atom stereocenters. The normalized spacial score (nSPS) is 18.1. The summed E-state index contributed by atoms with van der Waals surface area (Å²) in [5.41, 5.74) is 0. The number of rotatable bonds is 4. The highest BCUT2D eigenvalue weighted by Crippen LogP contribution is 2.71. The van der Waals surface area contributed by atoms with Gasteiger partial charge in [0.05, 0.1) is 6.08 Å². The molecular formula is C23H26O5S. The van der Waals surface area contributed by atoms with E-state index in [9.17, 15) is 9.59 Å². The molecule has 2 aromatic carbocycles. The fourth-order valence-electron chi connectivity index (χ4n) is 3.23. The van der Waals surface area contributed by atoms with Crippen LogP contribution in [0.15, 0.2) is 82.3 Å². The molecule has 0 aromatic heterocycles. The zero-order chi connectivity index (χ0) is 21.3. The van der Waals surface area contributed by atoms with Crippen LogP contribution in [0.1, 0.15) is 34.6 Å². The molecule has 1 aliphatic rings. The second-order valence-corrected chi connectivity index (χ2v) is 11.5. The van der Waals surface area contributed by atoms with E-state index < -0.39 is 32.8 Å². The molecule has 2 aromatic rings. The number of esters is 1. The zero-order valence-electron chi connectivity index (χ0n) is 17.3. The first-order valence-corrected chi connectivity index (χ1v) is 10.9. The number of carbonyl (C=O) groups excluding carboxylic acids is 2. The van der Waals surface area contributed by atoms with Crippen molar-refractivity contribution in [1.29, 1.82) is 0 Å². The molecule has 6 heteroatoms. The average molecular weight is 415 g/mol. The third-order valence-corrected chi connectivity index (χ3v) is 8.38. The fourth-order valence-corrected chi connectivity index (χ4v) is 6.74. The first-order valence-electron chi connectivity index (χ1n) is 9.36. The first-order chi connectivity index (χ1) is 13.6. The summed E-state index contributed by atoms with van der Waals surface area (Å²) in [5, 5.41) is 0. The Hall–Kier alpha value is -2.73. The molecule has 0 amide bonds. The molecule has 3 rings (SSSR count). The molecule has 0 spiro atoms. The van der Waals surface area contributed by atoms with Crippen molar-refractivity contribution in [2.24, 2.45) is 0 Å². The van der Waals surface area contributed by atoms with E-state index in [2.05, 4.69) is 0 Å². The lowest BCUT2D eigenvalue weighted by molar-refractivity contribution is -0.159. The summed E-state index contributed by atoms with van der Waals surface area (Å²) in [6, 6.07) is 19.4. The second kappa shape index (κ2) is 7.59. The van der Waals surface area contributed by atoms with Crippen LogP contribution in [0.5, 0.6) is 0 Å². The van der Waals surface area contributed by atoms with E-state index in [0.29, 0.717) is 0 Å². The third kappa shape index (κ3) is 4.17.